The Morgan fingerprint density at radius 2 is 0.569 bits per heavy atom. The summed E-state index contributed by atoms with van der Waals surface area (Å²) in [5.41, 5.74) is 0.562. The first-order valence-electron chi connectivity index (χ1n) is 18.2. The van der Waals surface area contributed by atoms with Crippen LogP contribution in [0.15, 0.2) is 24.3 Å². The van der Waals surface area contributed by atoms with Crippen LogP contribution in [0.5, 0.6) is 0 Å². The average Bonchev–Trinajstić information content (AvgIpc) is 3.44. The molecule has 2 aromatic rings. The SMILES string of the molecule is Cc1cc(C)c(N2CN(c3c(C)cc(C)cc3C)[C@@H](CCC(F)(F)C(F)(F)C(F)(F)C(F)(F)C(F)(F)C(F)(F)F)[C@@H]2CCC(F)(F)C(F)(F)C(F)(F)C(F)(F)C(F)(F)C(F)(F)F)c(C)c1. The van der Waals surface area contributed by atoms with Crippen LogP contribution in [-0.4, -0.2) is 90.3 Å². The highest BCUT2D eigenvalue weighted by atomic mass is 19.4. The highest BCUT2D eigenvalue weighted by Gasteiger charge is 2.92. The fourth-order valence-corrected chi connectivity index (χ4v) is 7.79. The smallest absolute Gasteiger partial charge is 0.348 e. The largest absolute Gasteiger partial charge is 0.460 e. The Balaban J connectivity index is 2.32. The molecule has 2 atom stereocenters. The summed E-state index contributed by atoms with van der Waals surface area (Å²) >= 11 is 0. The zero-order valence-corrected chi connectivity index (χ0v) is 33.7. The van der Waals surface area contributed by atoms with Crippen molar-refractivity contribution >= 4 is 11.4 Å². The predicted octanol–water partition coefficient (Wildman–Crippen LogP) is 14.6. The number of anilines is 2. The molecule has 2 nitrogen and oxygen atoms in total. The Morgan fingerprint density at radius 3 is 0.785 bits per heavy atom. The maximum absolute atomic E-state index is 15.3. The van der Waals surface area contributed by atoms with E-state index in [-0.39, 0.29) is 33.6 Å². The van der Waals surface area contributed by atoms with Crippen LogP contribution in [0.1, 0.15) is 59.1 Å². The molecule has 0 bridgehead atoms. The normalized spacial score (nSPS) is 18.6. The van der Waals surface area contributed by atoms with Crippen molar-refractivity contribution in [1.29, 1.82) is 0 Å². The summed E-state index contributed by atoms with van der Waals surface area (Å²) in [5, 5.41) is 0. The fourth-order valence-electron chi connectivity index (χ4n) is 7.79. The molecule has 374 valence electrons. The van der Waals surface area contributed by atoms with E-state index in [1.54, 1.807) is 0 Å². The lowest BCUT2D eigenvalue weighted by Crippen LogP contribution is -2.70. The van der Waals surface area contributed by atoms with E-state index in [2.05, 4.69) is 0 Å². The van der Waals surface area contributed by atoms with Crippen LogP contribution in [0.2, 0.25) is 0 Å². The molecule has 65 heavy (non-hydrogen) atoms. The molecule has 1 saturated heterocycles. The third-order valence-corrected chi connectivity index (χ3v) is 10.9. The lowest BCUT2D eigenvalue weighted by atomic mass is 9.87. The Morgan fingerprint density at radius 1 is 0.354 bits per heavy atom. The van der Waals surface area contributed by atoms with Gasteiger partial charge in [0.05, 0.1) is 18.8 Å². The Kier molecular flexibility index (Phi) is 14.1. The maximum atomic E-state index is 15.3. The quantitative estimate of drug-likeness (QED) is 0.155. The van der Waals surface area contributed by atoms with Crippen molar-refractivity contribution in [3.8, 4) is 0 Å². The van der Waals surface area contributed by atoms with Gasteiger partial charge in [-0.2, -0.15) is 114 Å². The van der Waals surface area contributed by atoms with Gasteiger partial charge in [0.25, 0.3) is 0 Å². The molecule has 1 aliphatic rings. The fraction of sp³-hybridized carbons (Fsp3) is 0.676. The second-order valence-corrected chi connectivity index (χ2v) is 15.8. The molecule has 3 rings (SSSR count). The summed E-state index contributed by atoms with van der Waals surface area (Å²) in [6.07, 6.45) is -25.5. The van der Waals surface area contributed by atoms with Crippen molar-refractivity contribution in [3.63, 3.8) is 0 Å². The molecule has 0 aliphatic carbocycles. The first-order valence-corrected chi connectivity index (χ1v) is 18.2. The zero-order valence-electron chi connectivity index (χ0n) is 33.7. The van der Waals surface area contributed by atoms with Gasteiger partial charge in [0.15, 0.2) is 0 Å². The molecule has 1 fully saturated rings. The Labute approximate surface area is 350 Å². The molecule has 0 N–H and O–H groups in total. The average molecular weight is 1000 g/mol. The van der Waals surface area contributed by atoms with Gasteiger partial charge in [0.2, 0.25) is 0 Å². The van der Waals surface area contributed by atoms with E-state index in [4.69, 9.17) is 0 Å². The first-order chi connectivity index (χ1) is 28.6. The van der Waals surface area contributed by atoms with Crippen molar-refractivity contribution < 1.29 is 114 Å². The van der Waals surface area contributed by atoms with Gasteiger partial charge in [0, 0.05) is 24.2 Å². The Bertz CT molecular complexity index is 1860. The molecular weight excluding hydrogens is 966 g/mol. The second-order valence-electron chi connectivity index (χ2n) is 15.8. The number of rotatable bonds is 16. The molecule has 2 aromatic carbocycles. The third kappa shape index (κ3) is 8.58. The minimum atomic E-state index is -8.33. The molecule has 1 heterocycles. The summed E-state index contributed by atoms with van der Waals surface area (Å²) in [6.45, 7) is 6.93. The predicted molar refractivity (Wildman–Crippen MR) is 179 cm³/mol. The van der Waals surface area contributed by atoms with Gasteiger partial charge in [0.1, 0.15) is 0 Å². The van der Waals surface area contributed by atoms with Crippen LogP contribution in [0.3, 0.4) is 0 Å². The monoisotopic (exact) mass is 1000 g/mol. The van der Waals surface area contributed by atoms with Crippen molar-refractivity contribution in [2.45, 2.75) is 151 Å². The second kappa shape index (κ2) is 16.5. The molecule has 0 amide bonds. The lowest BCUT2D eigenvalue weighted by Gasteiger charge is -2.41. The van der Waals surface area contributed by atoms with E-state index >= 15 is 17.6 Å². The highest BCUT2D eigenvalue weighted by Crippen LogP contribution is 2.63. The molecule has 0 unspecified atom stereocenters. The van der Waals surface area contributed by atoms with E-state index in [0.717, 1.165) is 9.80 Å². The van der Waals surface area contributed by atoms with E-state index in [1.807, 2.05) is 0 Å². The lowest BCUT2D eigenvalue weighted by molar-refractivity contribution is -0.440. The standard InChI is InChI=1S/C37H34F26N2/c1-16-11-18(3)24(19(4)12-16)64-15-65(25-20(5)13-17(2)14-21(25)6)23(8-10-27(40,41)29(44,45)31(48,49)33(52,53)35(56,57)37(61,62)63)22(64)7-9-26(38,39)28(42,43)30(46,47)32(50,51)34(54,55)36(58,59)60/h11-14,22-23H,7-10,15H2,1-6H3/t22-,23-/m0/s1. The minimum Gasteiger partial charge on any atom is -0.348 e. The van der Waals surface area contributed by atoms with Crippen molar-refractivity contribution in [1.82, 2.24) is 0 Å². The van der Waals surface area contributed by atoms with E-state index in [9.17, 15) is 96.6 Å². The van der Waals surface area contributed by atoms with E-state index in [1.165, 1.54) is 65.8 Å². The van der Waals surface area contributed by atoms with Gasteiger partial charge >= 0.3 is 71.6 Å². The van der Waals surface area contributed by atoms with Crippen molar-refractivity contribution in [2.24, 2.45) is 0 Å². The summed E-state index contributed by atoms with van der Waals surface area (Å²) in [4.78, 5) is 1.57. The van der Waals surface area contributed by atoms with Crippen LogP contribution < -0.4 is 9.80 Å². The van der Waals surface area contributed by atoms with Crippen LogP contribution in [0, 0.1) is 41.5 Å². The highest BCUT2D eigenvalue weighted by molar-refractivity contribution is 5.68. The molecule has 0 saturated carbocycles. The van der Waals surface area contributed by atoms with Gasteiger partial charge in [-0.3, -0.25) is 0 Å². The zero-order chi connectivity index (χ0) is 51.3. The number of alkyl halides is 26. The van der Waals surface area contributed by atoms with Crippen LogP contribution >= 0.6 is 0 Å². The van der Waals surface area contributed by atoms with Gasteiger partial charge < -0.3 is 9.80 Å². The van der Waals surface area contributed by atoms with E-state index in [0.29, 0.717) is 11.1 Å². The summed E-state index contributed by atoms with van der Waals surface area (Å²) < 4.78 is 365. The van der Waals surface area contributed by atoms with Gasteiger partial charge in [-0.05, 0) is 76.6 Å². The minimum absolute atomic E-state index is 0.0485. The first kappa shape index (κ1) is 55.5. The summed E-state index contributed by atoms with van der Waals surface area (Å²) in [7, 11) is 0. The number of hydrogen-bond donors (Lipinski definition) is 0. The van der Waals surface area contributed by atoms with E-state index < -0.39 is 116 Å². The summed E-state index contributed by atoms with van der Waals surface area (Å²) in [5.74, 6) is -78.8. The van der Waals surface area contributed by atoms with Crippen LogP contribution in [0.25, 0.3) is 0 Å². The number of benzene rings is 2. The molecule has 0 spiro atoms. The number of aryl methyl sites for hydroxylation is 6. The van der Waals surface area contributed by atoms with Crippen LogP contribution in [0.4, 0.5) is 126 Å². The van der Waals surface area contributed by atoms with Crippen molar-refractivity contribution in [3.05, 3.63) is 57.6 Å². The number of hydrogen-bond acceptors (Lipinski definition) is 2. The van der Waals surface area contributed by atoms with Crippen molar-refractivity contribution in [2.75, 3.05) is 16.5 Å². The molecular formula is C37H34F26N2. The van der Waals surface area contributed by atoms with Gasteiger partial charge in [-0.1, -0.05) is 35.4 Å². The topological polar surface area (TPSA) is 6.48 Å². The maximum Gasteiger partial charge on any atom is 0.460 e. The number of nitrogens with zero attached hydrogens (tertiary/aromatic N) is 2. The molecule has 1 aliphatic heterocycles. The van der Waals surface area contributed by atoms with Gasteiger partial charge in [-0.15, -0.1) is 0 Å². The third-order valence-electron chi connectivity index (χ3n) is 10.9. The molecule has 28 heteroatoms. The summed E-state index contributed by atoms with van der Waals surface area (Å²) in [6, 6.07) is 0.421. The van der Waals surface area contributed by atoms with Crippen LogP contribution in [-0.2, 0) is 0 Å². The molecule has 0 radical (unpaired) electrons. The van der Waals surface area contributed by atoms with Gasteiger partial charge in [-0.25, -0.2) is 0 Å². The number of halogens is 26. The molecule has 0 aromatic heterocycles. The Hall–Kier alpha value is -3.78.